The summed E-state index contributed by atoms with van der Waals surface area (Å²) in [6.45, 7) is 2.47. The predicted molar refractivity (Wildman–Crippen MR) is 107 cm³/mol. The van der Waals surface area contributed by atoms with Crippen LogP contribution in [0, 0.1) is 0 Å². The average molecular weight is 361 g/mol. The topological polar surface area (TPSA) is 72.5 Å². The van der Waals surface area contributed by atoms with Crippen LogP contribution >= 0.6 is 0 Å². The van der Waals surface area contributed by atoms with Crippen LogP contribution < -0.4 is 10.5 Å². The molecule has 138 valence electrons. The Labute approximate surface area is 159 Å². The monoisotopic (exact) mass is 361 g/mol. The Morgan fingerprint density at radius 2 is 1.70 bits per heavy atom. The van der Waals surface area contributed by atoms with Gasteiger partial charge in [0.15, 0.2) is 0 Å². The van der Waals surface area contributed by atoms with Crippen molar-refractivity contribution in [3.05, 3.63) is 89.5 Å². The lowest BCUT2D eigenvalue weighted by molar-refractivity contribution is -0.136. The smallest absolute Gasteiger partial charge is 0.307 e. The molecule has 0 aromatic heterocycles. The van der Waals surface area contributed by atoms with Crippen molar-refractivity contribution in [1.82, 2.24) is 0 Å². The van der Waals surface area contributed by atoms with Gasteiger partial charge in [0.2, 0.25) is 0 Å². The number of aliphatic carboxylic acids is 1. The Bertz CT molecular complexity index is 936. The molecular formula is C23H23NO3. The number of benzene rings is 3. The Hall–Kier alpha value is -3.11. The van der Waals surface area contributed by atoms with Gasteiger partial charge in [0.25, 0.3) is 0 Å². The molecule has 3 rings (SSSR count). The normalized spacial score (nSPS) is 11.8. The molecule has 0 aliphatic rings. The number of hydrogen-bond acceptors (Lipinski definition) is 3. The highest BCUT2D eigenvalue weighted by molar-refractivity contribution is 5.71. The summed E-state index contributed by atoms with van der Waals surface area (Å²) in [6.07, 6.45) is -0.271. The van der Waals surface area contributed by atoms with E-state index < -0.39 is 5.97 Å². The fourth-order valence-electron chi connectivity index (χ4n) is 3.04. The minimum absolute atomic E-state index is 0.0607. The fraction of sp³-hybridized carbons (Fsp3) is 0.174. The summed E-state index contributed by atoms with van der Waals surface area (Å²) in [5.41, 5.74) is 10.7. The van der Waals surface area contributed by atoms with Crippen LogP contribution in [0.4, 0.5) is 0 Å². The van der Waals surface area contributed by atoms with E-state index >= 15 is 0 Å². The third-order valence-electron chi connectivity index (χ3n) is 4.47. The zero-order valence-electron chi connectivity index (χ0n) is 15.3. The van der Waals surface area contributed by atoms with Gasteiger partial charge in [0.1, 0.15) is 11.9 Å². The van der Waals surface area contributed by atoms with Gasteiger partial charge in [-0.05, 0) is 47.4 Å². The highest BCUT2D eigenvalue weighted by Gasteiger charge is 2.13. The van der Waals surface area contributed by atoms with Gasteiger partial charge in [-0.3, -0.25) is 4.79 Å². The maximum Gasteiger partial charge on any atom is 0.307 e. The molecule has 4 heteroatoms. The first kappa shape index (κ1) is 18.7. The summed E-state index contributed by atoms with van der Waals surface area (Å²) in [4.78, 5) is 11.1. The van der Waals surface area contributed by atoms with Crippen molar-refractivity contribution < 1.29 is 14.6 Å². The number of para-hydroxylation sites is 1. The number of nitrogens with two attached hydrogens (primary N) is 1. The fourth-order valence-corrected chi connectivity index (χ4v) is 3.04. The number of ether oxygens (including phenoxy) is 1. The lowest BCUT2D eigenvalue weighted by Gasteiger charge is -2.18. The molecule has 0 saturated heterocycles. The highest BCUT2D eigenvalue weighted by atomic mass is 16.5. The van der Waals surface area contributed by atoms with Crippen LogP contribution in [0.5, 0.6) is 5.75 Å². The standard InChI is InChI=1S/C23H23NO3/c1-16(27-22-11-3-2-7-21(22)14-23(25)26)18-8-5-10-20(13-18)19-9-4-6-17(12-19)15-24/h2-13,16H,14-15,24H2,1H3,(H,25,26)/t16-/m1/s1. The molecule has 0 heterocycles. The van der Waals surface area contributed by atoms with Crippen molar-refractivity contribution in [3.63, 3.8) is 0 Å². The van der Waals surface area contributed by atoms with Gasteiger partial charge < -0.3 is 15.6 Å². The summed E-state index contributed by atoms with van der Waals surface area (Å²) < 4.78 is 6.08. The SMILES string of the molecule is C[C@@H](Oc1ccccc1CC(=O)O)c1cccc(-c2cccc(CN)c2)c1. The zero-order chi connectivity index (χ0) is 19.2. The van der Waals surface area contributed by atoms with Gasteiger partial charge >= 0.3 is 5.97 Å². The van der Waals surface area contributed by atoms with Crippen LogP contribution in [-0.2, 0) is 17.8 Å². The Balaban J connectivity index is 1.84. The van der Waals surface area contributed by atoms with Crippen molar-refractivity contribution in [1.29, 1.82) is 0 Å². The lowest BCUT2D eigenvalue weighted by Crippen LogP contribution is -2.07. The van der Waals surface area contributed by atoms with Crippen LogP contribution in [0.25, 0.3) is 11.1 Å². The minimum atomic E-state index is -0.875. The largest absolute Gasteiger partial charge is 0.486 e. The molecule has 0 bridgehead atoms. The molecule has 0 saturated carbocycles. The van der Waals surface area contributed by atoms with E-state index in [9.17, 15) is 4.79 Å². The molecule has 4 nitrogen and oxygen atoms in total. The quantitative estimate of drug-likeness (QED) is 0.646. The van der Waals surface area contributed by atoms with Crippen LogP contribution in [0.15, 0.2) is 72.8 Å². The molecule has 0 spiro atoms. The number of carboxylic acids is 1. The Kier molecular flexibility index (Phi) is 5.89. The molecule has 0 aliphatic heterocycles. The molecule has 3 aromatic rings. The summed E-state index contributed by atoms with van der Waals surface area (Å²) >= 11 is 0. The van der Waals surface area contributed by atoms with E-state index in [4.69, 9.17) is 15.6 Å². The average Bonchev–Trinajstić information content (AvgIpc) is 2.69. The molecule has 3 N–H and O–H groups in total. The van der Waals surface area contributed by atoms with Crippen molar-refractivity contribution in [3.8, 4) is 16.9 Å². The third kappa shape index (κ3) is 4.74. The maximum absolute atomic E-state index is 11.1. The minimum Gasteiger partial charge on any atom is -0.486 e. The molecule has 0 radical (unpaired) electrons. The van der Waals surface area contributed by atoms with Crippen LogP contribution in [-0.4, -0.2) is 11.1 Å². The zero-order valence-corrected chi connectivity index (χ0v) is 15.3. The van der Waals surface area contributed by atoms with Gasteiger partial charge in [0.05, 0.1) is 6.42 Å². The summed E-state index contributed by atoms with van der Waals surface area (Å²) in [5.74, 6) is -0.275. The molecule has 0 fully saturated rings. The lowest BCUT2D eigenvalue weighted by atomic mass is 9.99. The first-order chi connectivity index (χ1) is 13.1. The van der Waals surface area contributed by atoms with E-state index in [1.54, 1.807) is 6.07 Å². The molecule has 27 heavy (non-hydrogen) atoms. The summed E-state index contributed by atoms with van der Waals surface area (Å²) in [7, 11) is 0. The number of hydrogen-bond donors (Lipinski definition) is 2. The maximum atomic E-state index is 11.1. The van der Waals surface area contributed by atoms with Gasteiger partial charge in [-0.25, -0.2) is 0 Å². The van der Waals surface area contributed by atoms with Crippen LogP contribution in [0.2, 0.25) is 0 Å². The first-order valence-electron chi connectivity index (χ1n) is 8.92. The molecule has 1 atom stereocenters. The van der Waals surface area contributed by atoms with E-state index in [2.05, 4.69) is 24.3 Å². The third-order valence-corrected chi connectivity index (χ3v) is 4.47. The van der Waals surface area contributed by atoms with Gasteiger partial charge in [-0.2, -0.15) is 0 Å². The van der Waals surface area contributed by atoms with Crippen molar-refractivity contribution in [2.45, 2.75) is 26.0 Å². The van der Waals surface area contributed by atoms with Crippen LogP contribution in [0.1, 0.15) is 29.7 Å². The number of carboxylic acid groups (broad SMARTS) is 1. The Morgan fingerprint density at radius 3 is 2.44 bits per heavy atom. The van der Waals surface area contributed by atoms with Crippen LogP contribution in [0.3, 0.4) is 0 Å². The highest BCUT2D eigenvalue weighted by Crippen LogP contribution is 2.28. The Morgan fingerprint density at radius 1 is 1.00 bits per heavy atom. The second-order valence-electron chi connectivity index (χ2n) is 6.47. The molecule has 0 unspecified atom stereocenters. The molecular weight excluding hydrogens is 338 g/mol. The molecule has 3 aromatic carbocycles. The van der Waals surface area contributed by atoms with Crippen molar-refractivity contribution in [2.24, 2.45) is 5.73 Å². The number of carbonyl (C=O) groups is 1. The van der Waals surface area contributed by atoms with E-state index in [1.807, 2.05) is 49.4 Å². The van der Waals surface area contributed by atoms with Gasteiger partial charge in [-0.15, -0.1) is 0 Å². The summed E-state index contributed by atoms with van der Waals surface area (Å²) in [5, 5.41) is 9.08. The van der Waals surface area contributed by atoms with E-state index in [-0.39, 0.29) is 12.5 Å². The van der Waals surface area contributed by atoms with Gasteiger partial charge in [0, 0.05) is 12.1 Å². The predicted octanol–water partition coefficient (Wildman–Crippen LogP) is 4.58. The number of rotatable bonds is 7. The van der Waals surface area contributed by atoms with E-state index in [1.165, 1.54) is 0 Å². The van der Waals surface area contributed by atoms with Crippen molar-refractivity contribution in [2.75, 3.05) is 0 Å². The van der Waals surface area contributed by atoms with Crippen molar-refractivity contribution >= 4 is 5.97 Å². The second-order valence-corrected chi connectivity index (χ2v) is 6.47. The molecule has 0 amide bonds. The second kappa shape index (κ2) is 8.52. The molecule has 0 aliphatic carbocycles. The van der Waals surface area contributed by atoms with E-state index in [0.29, 0.717) is 17.9 Å². The van der Waals surface area contributed by atoms with Gasteiger partial charge in [-0.1, -0.05) is 54.6 Å². The first-order valence-corrected chi connectivity index (χ1v) is 8.92. The summed E-state index contributed by atoms with van der Waals surface area (Å²) in [6, 6.07) is 23.6. The van der Waals surface area contributed by atoms with E-state index in [0.717, 1.165) is 22.3 Å².